The van der Waals surface area contributed by atoms with Gasteiger partial charge in [0.15, 0.2) is 17.5 Å². The van der Waals surface area contributed by atoms with Crippen LogP contribution in [0.2, 0.25) is 0 Å². The highest BCUT2D eigenvalue weighted by atomic mass is 15.1. The van der Waals surface area contributed by atoms with E-state index in [0.29, 0.717) is 17.5 Å². The van der Waals surface area contributed by atoms with Crippen LogP contribution < -0.4 is 0 Å². The summed E-state index contributed by atoms with van der Waals surface area (Å²) in [7, 11) is 0. The first-order valence-electron chi connectivity index (χ1n) is 19.9. The van der Waals surface area contributed by atoms with Crippen molar-refractivity contribution >= 4 is 49.4 Å². The summed E-state index contributed by atoms with van der Waals surface area (Å²) in [5.74, 6) is 1.86. The first-order chi connectivity index (χ1) is 29.3. The maximum Gasteiger partial charge on any atom is 0.164 e. The zero-order valence-electron chi connectivity index (χ0n) is 31.8. The molecule has 0 fully saturated rings. The molecular formula is C53H34N6. The van der Waals surface area contributed by atoms with E-state index in [2.05, 4.69) is 202 Å². The van der Waals surface area contributed by atoms with Gasteiger partial charge in [0.25, 0.3) is 0 Å². The van der Waals surface area contributed by atoms with Gasteiger partial charge in [0, 0.05) is 49.8 Å². The summed E-state index contributed by atoms with van der Waals surface area (Å²) in [4.78, 5) is 15.4. The summed E-state index contributed by atoms with van der Waals surface area (Å²) < 4.78 is 7.11. The van der Waals surface area contributed by atoms with Crippen molar-refractivity contribution in [3.63, 3.8) is 0 Å². The van der Waals surface area contributed by atoms with E-state index in [4.69, 9.17) is 15.0 Å². The largest absolute Gasteiger partial charge is 0.309 e. The monoisotopic (exact) mass is 754 g/mol. The van der Waals surface area contributed by atoms with Crippen molar-refractivity contribution in [2.75, 3.05) is 0 Å². The van der Waals surface area contributed by atoms with Crippen LogP contribution in [0.15, 0.2) is 206 Å². The van der Waals surface area contributed by atoms with E-state index in [1.165, 1.54) is 32.8 Å². The predicted molar refractivity (Wildman–Crippen MR) is 241 cm³/mol. The van der Waals surface area contributed by atoms with Crippen LogP contribution in [0, 0.1) is 0 Å². The lowest BCUT2D eigenvalue weighted by Crippen LogP contribution is -2.01. The molecule has 4 aromatic heterocycles. The Bertz CT molecular complexity index is 3490. The molecule has 0 unspecified atom stereocenters. The zero-order chi connectivity index (χ0) is 38.9. The number of hydrogen-bond donors (Lipinski definition) is 0. The molecule has 59 heavy (non-hydrogen) atoms. The summed E-state index contributed by atoms with van der Waals surface area (Å²) in [5.41, 5.74) is 14.2. The quantitative estimate of drug-likeness (QED) is 0.170. The molecule has 0 aliphatic carbocycles. The highest BCUT2D eigenvalue weighted by Gasteiger charge is 2.22. The fourth-order valence-corrected chi connectivity index (χ4v) is 8.88. The van der Waals surface area contributed by atoms with E-state index in [9.17, 15) is 0 Å². The Morgan fingerprint density at radius 2 is 0.763 bits per heavy atom. The molecule has 0 saturated heterocycles. The maximum absolute atomic E-state index is 5.18. The van der Waals surface area contributed by atoms with Gasteiger partial charge >= 0.3 is 0 Å². The van der Waals surface area contributed by atoms with Crippen molar-refractivity contribution in [2.45, 2.75) is 0 Å². The Labute approximate surface area is 339 Å². The molecule has 0 N–H and O–H groups in total. The molecule has 0 radical (unpaired) electrons. The summed E-state index contributed by atoms with van der Waals surface area (Å²) >= 11 is 0. The molecule has 0 bridgehead atoms. The van der Waals surface area contributed by atoms with Crippen LogP contribution in [0.25, 0.3) is 106 Å². The molecule has 12 rings (SSSR count). The molecule has 6 nitrogen and oxygen atoms in total. The lowest BCUT2D eigenvalue weighted by molar-refractivity contribution is 1.07. The van der Waals surface area contributed by atoms with Gasteiger partial charge in [-0.25, -0.2) is 15.0 Å². The topological polar surface area (TPSA) is 52.9 Å². The van der Waals surface area contributed by atoms with Gasteiger partial charge in [-0.3, -0.25) is 8.97 Å². The number of aromatic nitrogens is 6. The van der Waals surface area contributed by atoms with E-state index in [1.54, 1.807) is 0 Å². The van der Waals surface area contributed by atoms with Crippen molar-refractivity contribution in [3.8, 4) is 56.7 Å². The Kier molecular flexibility index (Phi) is 7.43. The fraction of sp³-hybridized carbons (Fsp3) is 0. The van der Waals surface area contributed by atoms with Crippen LogP contribution in [0.1, 0.15) is 0 Å². The Hall–Kier alpha value is -8.09. The van der Waals surface area contributed by atoms with E-state index in [0.717, 1.165) is 55.8 Å². The molecule has 276 valence electrons. The first-order valence-corrected chi connectivity index (χ1v) is 19.9. The standard InChI is InChI=1S/C53H34N6/c1-3-16-35(17-4-1)49-43-24-9-12-27-46(43)59-48-29-14-13-28-47(48)58(53(49)59)39-32-30-37(31-33-39)51-54-50(36-18-5-2-6-19-36)55-52(56-51)38-20-15-21-40(34-38)57-44-25-10-7-22-41(44)42-23-8-11-26-45(42)57/h1-34H. The molecule has 0 amide bonds. The second kappa shape index (κ2) is 13.3. The second-order valence-electron chi connectivity index (χ2n) is 14.9. The number of nitrogens with zero attached hydrogens (tertiary/aromatic N) is 6. The number of para-hydroxylation sites is 5. The SMILES string of the molecule is c1ccc(-c2nc(-c3ccc(-n4c5ccccc5n5c6ccccc6c(-c6ccccc6)c45)cc3)nc(-c3cccc(-n4c5ccccc5c5ccccc54)c3)n2)cc1. The third-order valence-electron chi connectivity index (χ3n) is 11.5. The molecule has 0 saturated carbocycles. The van der Waals surface area contributed by atoms with Crippen molar-refractivity contribution in [2.24, 2.45) is 0 Å². The Morgan fingerprint density at radius 1 is 0.288 bits per heavy atom. The van der Waals surface area contributed by atoms with Gasteiger partial charge in [0.2, 0.25) is 0 Å². The van der Waals surface area contributed by atoms with Crippen LogP contribution in [0.4, 0.5) is 0 Å². The van der Waals surface area contributed by atoms with E-state index < -0.39 is 0 Å². The van der Waals surface area contributed by atoms with Gasteiger partial charge < -0.3 is 4.57 Å². The predicted octanol–water partition coefficient (Wildman–Crippen LogP) is 13.0. The lowest BCUT2D eigenvalue weighted by Gasteiger charge is -2.12. The van der Waals surface area contributed by atoms with Crippen LogP contribution in [0.5, 0.6) is 0 Å². The highest BCUT2D eigenvalue weighted by Crippen LogP contribution is 2.41. The van der Waals surface area contributed by atoms with Gasteiger partial charge in [-0.2, -0.15) is 0 Å². The maximum atomic E-state index is 5.18. The fourth-order valence-electron chi connectivity index (χ4n) is 8.88. The van der Waals surface area contributed by atoms with Gasteiger partial charge in [-0.15, -0.1) is 0 Å². The van der Waals surface area contributed by atoms with Crippen LogP contribution in [-0.2, 0) is 0 Å². The summed E-state index contributed by atoms with van der Waals surface area (Å²) in [6.45, 7) is 0. The Morgan fingerprint density at radius 3 is 1.41 bits per heavy atom. The van der Waals surface area contributed by atoms with Gasteiger partial charge in [0.05, 0.1) is 27.6 Å². The number of imidazole rings is 1. The molecular weight excluding hydrogens is 721 g/mol. The molecule has 0 aliphatic heterocycles. The molecule has 0 spiro atoms. The van der Waals surface area contributed by atoms with E-state index in [1.807, 2.05) is 18.2 Å². The van der Waals surface area contributed by atoms with Gasteiger partial charge in [-0.1, -0.05) is 140 Å². The van der Waals surface area contributed by atoms with Crippen LogP contribution in [0.3, 0.4) is 0 Å². The Balaban J connectivity index is 1.02. The van der Waals surface area contributed by atoms with E-state index in [-0.39, 0.29) is 0 Å². The normalized spacial score (nSPS) is 11.7. The highest BCUT2D eigenvalue weighted by molar-refractivity contribution is 6.10. The zero-order valence-corrected chi connectivity index (χ0v) is 31.8. The van der Waals surface area contributed by atoms with Gasteiger partial charge in [0.1, 0.15) is 5.65 Å². The first kappa shape index (κ1) is 33.1. The lowest BCUT2D eigenvalue weighted by atomic mass is 10.0. The van der Waals surface area contributed by atoms with Gasteiger partial charge in [-0.05, 0) is 72.3 Å². The number of benzene rings is 8. The molecule has 0 aliphatic rings. The third kappa shape index (κ3) is 5.24. The molecule has 8 aromatic carbocycles. The molecule has 6 heteroatoms. The van der Waals surface area contributed by atoms with Crippen molar-refractivity contribution in [1.82, 2.24) is 28.5 Å². The van der Waals surface area contributed by atoms with Crippen LogP contribution >= 0.6 is 0 Å². The van der Waals surface area contributed by atoms with Crippen LogP contribution in [-0.4, -0.2) is 28.5 Å². The molecule has 4 heterocycles. The number of rotatable bonds is 6. The smallest absolute Gasteiger partial charge is 0.164 e. The number of fused-ring (bicyclic) bond motifs is 8. The third-order valence-corrected chi connectivity index (χ3v) is 11.5. The summed E-state index contributed by atoms with van der Waals surface area (Å²) in [6, 6.07) is 72.5. The minimum Gasteiger partial charge on any atom is -0.309 e. The number of hydrogen-bond acceptors (Lipinski definition) is 3. The minimum absolute atomic E-state index is 0.614. The van der Waals surface area contributed by atoms with E-state index >= 15 is 0 Å². The minimum atomic E-state index is 0.614. The van der Waals surface area contributed by atoms with Crippen molar-refractivity contribution in [3.05, 3.63) is 206 Å². The second-order valence-corrected chi connectivity index (χ2v) is 14.9. The van der Waals surface area contributed by atoms with Crippen molar-refractivity contribution in [1.29, 1.82) is 0 Å². The summed E-state index contributed by atoms with van der Waals surface area (Å²) in [6.07, 6.45) is 0. The average molecular weight is 755 g/mol. The van der Waals surface area contributed by atoms with Crippen molar-refractivity contribution < 1.29 is 0 Å². The summed E-state index contributed by atoms with van der Waals surface area (Å²) in [5, 5.41) is 3.67. The molecule has 12 aromatic rings. The molecule has 0 atom stereocenters. The average Bonchev–Trinajstić information content (AvgIpc) is 3.95.